The van der Waals surface area contributed by atoms with Gasteiger partial charge in [-0.25, -0.2) is 0 Å². The molecule has 1 amide bonds. The van der Waals surface area contributed by atoms with Crippen LogP contribution in [0.5, 0.6) is 0 Å². The number of likely N-dealkylation sites (tertiary alicyclic amines) is 1. The molecule has 2 fully saturated rings. The molecule has 0 aromatic carbocycles. The van der Waals surface area contributed by atoms with Crippen molar-refractivity contribution in [3.63, 3.8) is 0 Å². The second-order valence-electron chi connectivity index (χ2n) is 5.62. The number of rotatable bonds is 3. The number of amides is 1. The van der Waals surface area contributed by atoms with Crippen molar-refractivity contribution in [2.75, 3.05) is 27.2 Å². The number of aliphatic hydroxyl groups excluding tert-OH is 1. The number of likely N-dealkylation sites (N-methyl/N-ethyl adjacent to an activating group) is 1. The van der Waals surface area contributed by atoms with Gasteiger partial charge in [-0.05, 0) is 32.9 Å². The molecular weight excluding hydrogens is 204 g/mol. The third-order valence-electron chi connectivity index (χ3n) is 3.68. The van der Waals surface area contributed by atoms with E-state index in [0.717, 1.165) is 19.4 Å². The highest BCUT2D eigenvalue weighted by molar-refractivity contribution is 5.82. The van der Waals surface area contributed by atoms with E-state index in [-0.39, 0.29) is 24.0 Å². The molecule has 0 aromatic heterocycles. The lowest BCUT2D eigenvalue weighted by molar-refractivity contribution is -0.134. The molecule has 0 bridgehead atoms. The highest BCUT2D eigenvalue weighted by atomic mass is 16.3. The smallest absolute Gasteiger partial charge is 0.226 e. The van der Waals surface area contributed by atoms with Crippen LogP contribution in [0.3, 0.4) is 0 Å². The molecule has 1 heterocycles. The monoisotopic (exact) mass is 226 g/mol. The van der Waals surface area contributed by atoms with Gasteiger partial charge in [0.1, 0.15) is 0 Å². The first kappa shape index (κ1) is 11.9. The Morgan fingerprint density at radius 2 is 2.06 bits per heavy atom. The van der Waals surface area contributed by atoms with E-state index in [1.807, 2.05) is 19.0 Å². The summed E-state index contributed by atoms with van der Waals surface area (Å²) in [5.41, 5.74) is 0. The molecule has 92 valence electrons. The SMILES string of the molecule is CC1CC1C(=O)N1CC(O)CC1CN(C)C. The Bertz CT molecular complexity index is 280. The number of hydrogen-bond donors (Lipinski definition) is 1. The predicted octanol–water partition coefficient (Wildman–Crippen LogP) is 0.166. The van der Waals surface area contributed by atoms with E-state index in [1.165, 1.54) is 0 Å². The van der Waals surface area contributed by atoms with E-state index in [1.54, 1.807) is 0 Å². The second-order valence-corrected chi connectivity index (χ2v) is 5.62. The van der Waals surface area contributed by atoms with Gasteiger partial charge in [0.15, 0.2) is 0 Å². The van der Waals surface area contributed by atoms with Gasteiger partial charge >= 0.3 is 0 Å². The normalized spacial score (nSPS) is 38.2. The molecule has 1 N–H and O–H groups in total. The topological polar surface area (TPSA) is 43.8 Å². The molecule has 1 aliphatic carbocycles. The van der Waals surface area contributed by atoms with E-state index >= 15 is 0 Å². The summed E-state index contributed by atoms with van der Waals surface area (Å²) in [5.74, 6) is 1.04. The summed E-state index contributed by atoms with van der Waals surface area (Å²) < 4.78 is 0. The zero-order valence-corrected chi connectivity index (χ0v) is 10.4. The van der Waals surface area contributed by atoms with Gasteiger partial charge in [0, 0.05) is 25.0 Å². The fourth-order valence-corrected chi connectivity index (χ4v) is 2.64. The minimum absolute atomic E-state index is 0.199. The maximum atomic E-state index is 12.2. The lowest BCUT2D eigenvalue weighted by Gasteiger charge is -2.27. The molecule has 0 spiro atoms. The molecule has 4 nitrogen and oxygen atoms in total. The number of carbonyl (C=O) groups is 1. The van der Waals surface area contributed by atoms with Crippen LogP contribution in [-0.4, -0.2) is 60.1 Å². The van der Waals surface area contributed by atoms with Crippen LogP contribution in [-0.2, 0) is 4.79 Å². The molecule has 0 aromatic rings. The minimum atomic E-state index is -0.331. The van der Waals surface area contributed by atoms with Gasteiger partial charge in [-0.1, -0.05) is 6.92 Å². The van der Waals surface area contributed by atoms with Crippen molar-refractivity contribution in [2.24, 2.45) is 11.8 Å². The molecule has 2 aliphatic rings. The Morgan fingerprint density at radius 3 is 2.56 bits per heavy atom. The summed E-state index contributed by atoms with van der Waals surface area (Å²) in [5, 5.41) is 9.69. The Labute approximate surface area is 97.2 Å². The zero-order chi connectivity index (χ0) is 11.9. The summed E-state index contributed by atoms with van der Waals surface area (Å²) in [6.07, 6.45) is 1.42. The van der Waals surface area contributed by atoms with Crippen LogP contribution in [0.1, 0.15) is 19.8 Å². The van der Waals surface area contributed by atoms with E-state index in [9.17, 15) is 9.90 Å². The van der Waals surface area contributed by atoms with Gasteiger partial charge < -0.3 is 14.9 Å². The Balaban J connectivity index is 1.97. The Hall–Kier alpha value is -0.610. The van der Waals surface area contributed by atoms with E-state index in [4.69, 9.17) is 0 Å². The van der Waals surface area contributed by atoms with E-state index in [2.05, 4.69) is 11.8 Å². The fourth-order valence-electron chi connectivity index (χ4n) is 2.64. The number of aliphatic hydroxyl groups is 1. The van der Waals surface area contributed by atoms with Crippen molar-refractivity contribution in [1.29, 1.82) is 0 Å². The molecule has 16 heavy (non-hydrogen) atoms. The van der Waals surface area contributed by atoms with Gasteiger partial charge in [0.2, 0.25) is 5.91 Å². The van der Waals surface area contributed by atoms with Crippen LogP contribution in [0.2, 0.25) is 0 Å². The average Bonchev–Trinajstić information content (AvgIpc) is 2.78. The summed E-state index contributed by atoms with van der Waals surface area (Å²) in [4.78, 5) is 16.1. The third kappa shape index (κ3) is 2.38. The number of carbonyl (C=O) groups excluding carboxylic acids is 1. The van der Waals surface area contributed by atoms with Crippen molar-refractivity contribution < 1.29 is 9.90 Å². The van der Waals surface area contributed by atoms with Crippen molar-refractivity contribution in [2.45, 2.75) is 31.9 Å². The van der Waals surface area contributed by atoms with E-state index in [0.29, 0.717) is 12.5 Å². The second kappa shape index (κ2) is 4.34. The maximum absolute atomic E-state index is 12.2. The summed E-state index contributed by atoms with van der Waals surface area (Å²) in [7, 11) is 4.01. The van der Waals surface area contributed by atoms with Crippen molar-refractivity contribution >= 4 is 5.91 Å². The molecule has 4 atom stereocenters. The van der Waals surface area contributed by atoms with Crippen molar-refractivity contribution in [3.05, 3.63) is 0 Å². The third-order valence-corrected chi connectivity index (χ3v) is 3.68. The van der Waals surface area contributed by atoms with Crippen molar-refractivity contribution in [3.8, 4) is 0 Å². The quantitative estimate of drug-likeness (QED) is 0.746. The molecule has 4 heteroatoms. The molecule has 1 aliphatic heterocycles. The summed E-state index contributed by atoms with van der Waals surface area (Å²) in [6.45, 7) is 3.50. The predicted molar refractivity (Wildman–Crippen MR) is 61.9 cm³/mol. The zero-order valence-electron chi connectivity index (χ0n) is 10.4. The van der Waals surface area contributed by atoms with Crippen LogP contribution in [0.25, 0.3) is 0 Å². The Morgan fingerprint density at radius 1 is 1.44 bits per heavy atom. The van der Waals surface area contributed by atoms with Crippen LogP contribution in [0, 0.1) is 11.8 Å². The van der Waals surface area contributed by atoms with Crippen LogP contribution < -0.4 is 0 Å². The molecule has 0 radical (unpaired) electrons. The van der Waals surface area contributed by atoms with Gasteiger partial charge in [-0.3, -0.25) is 4.79 Å². The largest absolute Gasteiger partial charge is 0.391 e. The lowest BCUT2D eigenvalue weighted by atomic mass is 10.2. The van der Waals surface area contributed by atoms with Gasteiger partial charge in [0.05, 0.1) is 6.10 Å². The fraction of sp³-hybridized carbons (Fsp3) is 0.917. The Kier molecular flexibility index (Phi) is 3.22. The van der Waals surface area contributed by atoms with E-state index < -0.39 is 0 Å². The van der Waals surface area contributed by atoms with Crippen molar-refractivity contribution in [1.82, 2.24) is 9.80 Å². The summed E-state index contributed by atoms with van der Waals surface area (Å²) >= 11 is 0. The highest BCUT2D eigenvalue weighted by Gasteiger charge is 2.45. The molecule has 2 rings (SSSR count). The minimum Gasteiger partial charge on any atom is -0.391 e. The molecule has 1 saturated carbocycles. The number of nitrogens with zero attached hydrogens (tertiary/aromatic N) is 2. The molecule has 1 saturated heterocycles. The summed E-state index contributed by atoms with van der Waals surface area (Å²) in [6, 6.07) is 0.199. The van der Waals surface area contributed by atoms with Crippen LogP contribution in [0.15, 0.2) is 0 Å². The lowest BCUT2D eigenvalue weighted by Crippen LogP contribution is -2.42. The molecule has 4 unspecified atom stereocenters. The van der Waals surface area contributed by atoms with Crippen LogP contribution >= 0.6 is 0 Å². The first-order valence-corrected chi connectivity index (χ1v) is 6.12. The number of β-amino-alcohol motifs (C(OH)–C–C–N with tert-alkyl or cyclic N) is 1. The maximum Gasteiger partial charge on any atom is 0.226 e. The van der Waals surface area contributed by atoms with Gasteiger partial charge in [0.25, 0.3) is 0 Å². The highest BCUT2D eigenvalue weighted by Crippen LogP contribution is 2.40. The van der Waals surface area contributed by atoms with Crippen LogP contribution in [0.4, 0.5) is 0 Å². The standard InChI is InChI=1S/C12H22N2O2/c1-8-4-11(8)12(16)14-7-10(15)5-9(14)6-13(2)3/h8-11,15H,4-7H2,1-3H3. The first-order chi connectivity index (χ1) is 7.49. The van der Waals surface area contributed by atoms with Gasteiger partial charge in [-0.15, -0.1) is 0 Å². The number of hydrogen-bond acceptors (Lipinski definition) is 3. The first-order valence-electron chi connectivity index (χ1n) is 6.12. The average molecular weight is 226 g/mol. The molecular formula is C12H22N2O2. The van der Waals surface area contributed by atoms with Gasteiger partial charge in [-0.2, -0.15) is 0 Å².